The average molecular weight is 595 g/mol. The highest BCUT2D eigenvalue weighted by Gasteiger charge is 2.18. The molecule has 6 heteroatoms. The largest absolute Gasteiger partial charge is 0.497 e. The van der Waals surface area contributed by atoms with Gasteiger partial charge in [-0.25, -0.2) is 0 Å². The minimum Gasteiger partial charge on any atom is -0.497 e. The van der Waals surface area contributed by atoms with Crippen LogP contribution in [0.4, 0.5) is 0 Å². The van der Waals surface area contributed by atoms with E-state index >= 15 is 0 Å². The summed E-state index contributed by atoms with van der Waals surface area (Å²) in [4.78, 5) is 0. The van der Waals surface area contributed by atoms with E-state index in [1.54, 1.807) is 14.2 Å². The Balaban J connectivity index is 1.29. The standard InChI is InChI=1S/C40H26N4O2/c1-45-29-13-17-35-33-7-3-5-9-37(33)43(39(35)21-29)27-11-15-31(25(19-27)23-41)32-16-12-28(20-26(32)24-42)44-38-10-6-4-8-34(38)36-18-14-30(46-2)22-40(36)44/h3-22H,1-2H3. The fourth-order valence-corrected chi connectivity index (χ4v) is 6.71. The highest BCUT2D eigenvalue weighted by atomic mass is 16.5. The molecule has 0 bridgehead atoms. The van der Waals surface area contributed by atoms with Gasteiger partial charge in [-0.05, 0) is 60.7 Å². The van der Waals surface area contributed by atoms with E-state index in [0.717, 1.165) is 66.5 Å². The Morgan fingerprint density at radius 2 is 0.870 bits per heavy atom. The van der Waals surface area contributed by atoms with Crippen LogP contribution in [-0.4, -0.2) is 23.4 Å². The van der Waals surface area contributed by atoms with Crippen LogP contribution in [0.25, 0.3) is 66.1 Å². The second-order valence-corrected chi connectivity index (χ2v) is 11.2. The van der Waals surface area contributed by atoms with Crippen molar-refractivity contribution in [3.05, 3.63) is 132 Å². The Hall–Kier alpha value is -6.50. The van der Waals surface area contributed by atoms with E-state index in [0.29, 0.717) is 22.3 Å². The molecule has 218 valence electrons. The van der Waals surface area contributed by atoms with Gasteiger partial charge in [-0.3, -0.25) is 0 Å². The number of hydrogen-bond acceptors (Lipinski definition) is 4. The van der Waals surface area contributed by atoms with Crippen LogP contribution >= 0.6 is 0 Å². The Morgan fingerprint density at radius 1 is 0.457 bits per heavy atom. The predicted octanol–water partition coefficient (Wildman–Crippen LogP) is 9.31. The number of para-hydroxylation sites is 2. The number of fused-ring (bicyclic) bond motifs is 6. The molecule has 0 atom stereocenters. The third kappa shape index (κ3) is 4.02. The number of benzene rings is 6. The molecular formula is C40H26N4O2. The Bertz CT molecular complexity index is 2410. The lowest BCUT2D eigenvalue weighted by Gasteiger charge is -2.14. The Kier molecular flexibility index (Phi) is 6.23. The summed E-state index contributed by atoms with van der Waals surface area (Å²) in [6.07, 6.45) is 0. The molecule has 0 fully saturated rings. The highest BCUT2D eigenvalue weighted by molar-refractivity contribution is 6.10. The van der Waals surface area contributed by atoms with E-state index in [1.807, 2.05) is 84.9 Å². The SMILES string of the molecule is COc1ccc2c3ccccc3n(-c3ccc(-c4ccc(-n5c6ccccc6c6ccc(OC)cc65)cc4C#N)c(C#N)c3)c2c1. The van der Waals surface area contributed by atoms with Gasteiger partial charge in [-0.2, -0.15) is 10.5 Å². The van der Waals surface area contributed by atoms with Gasteiger partial charge in [0.25, 0.3) is 0 Å². The highest BCUT2D eigenvalue weighted by Crippen LogP contribution is 2.38. The zero-order chi connectivity index (χ0) is 31.4. The molecule has 46 heavy (non-hydrogen) atoms. The van der Waals surface area contributed by atoms with Crippen molar-refractivity contribution in [2.45, 2.75) is 0 Å². The number of nitrogens with zero attached hydrogens (tertiary/aromatic N) is 4. The van der Waals surface area contributed by atoms with Gasteiger partial charge in [0.2, 0.25) is 0 Å². The monoisotopic (exact) mass is 594 g/mol. The normalized spacial score (nSPS) is 11.2. The third-order valence-corrected chi connectivity index (χ3v) is 8.82. The summed E-state index contributed by atoms with van der Waals surface area (Å²) in [6.45, 7) is 0. The van der Waals surface area contributed by atoms with Crippen molar-refractivity contribution < 1.29 is 9.47 Å². The smallest absolute Gasteiger partial charge is 0.120 e. The van der Waals surface area contributed by atoms with Crippen molar-refractivity contribution in [2.75, 3.05) is 14.2 Å². The third-order valence-electron chi connectivity index (χ3n) is 8.82. The molecule has 0 radical (unpaired) electrons. The molecule has 6 nitrogen and oxygen atoms in total. The molecular weight excluding hydrogens is 568 g/mol. The fraction of sp³-hybridized carbons (Fsp3) is 0.0500. The number of rotatable bonds is 5. The molecule has 0 aliphatic heterocycles. The summed E-state index contributed by atoms with van der Waals surface area (Å²) in [5.41, 5.74) is 8.13. The van der Waals surface area contributed by atoms with Crippen molar-refractivity contribution >= 4 is 43.6 Å². The minimum absolute atomic E-state index is 0.483. The lowest BCUT2D eigenvalue weighted by atomic mass is 9.95. The molecule has 8 rings (SSSR count). The van der Waals surface area contributed by atoms with Gasteiger partial charge in [0.05, 0.1) is 59.6 Å². The summed E-state index contributed by atoms with van der Waals surface area (Å²) >= 11 is 0. The lowest BCUT2D eigenvalue weighted by Crippen LogP contribution is -1.99. The van der Waals surface area contributed by atoms with Gasteiger partial charge in [0.1, 0.15) is 11.5 Å². The topological polar surface area (TPSA) is 75.9 Å². The second kappa shape index (κ2) is 10.6. The van der Waals surface area contributed by atoms with Crippen LogP contribution in [0, 0.1) is 22.7 Å². The lowest BCUT2D eigenvalue weighted by molar-refractivity contribution is 0.415. The molecule has 0 N–H and O–H groups in total. The van der Waals surface area contributed by atoms with Crippen LogP contribution in [0.1, 0.15) is 11.1 Å². The van der Waals surface area contributed by atoms with Crippen LogP contribution < -0.4 is 9.47 Å². The summed E-state index contributed by atoms with van der Waals surface area (Å²) in [6, 6.07) is 45.1. The number of nitriles is 2. The number of ether oxygens (including phenoxy) is 2. The first kappa shape index (κ1) is 27.1. The van der Waals surface area contributed by atoms with Crippen LogP contribution in [0.2, 0.25) is 0 Å². The van der Waals surface area contributed by atoms with Gasteiger partial charge >= 0.3 is 0 Å². The van der Waals surface area contributed by atoms with Crippen molar-refractivity contribution in [1.29, 1.82) is 10.5 Å². The predicted molar refractivity (Wildman–Crippen MR) is 183 cm³/mol. The maximum Gasteiger partial charge on any atom is 0.120 e. The molecule has 0 spiro atoms. The molecule has 2 heterocycles. The zero-order valence-corrected chi connectivity index (χ0v) is 25.2. The molecule has 0 aliphatic carbocycles. The molecule has 0 saturated heterocycles. The van der Waals surface area contributed by atoms with Gasteiger partial charge in [-0.15, -0.1) is 0 Å². The molecule has 0 saturated carbocycles. The van der Waals surface area contributed by atoms with Gasteiger partial charge < -0.3 is 18.6 Å². The Labute approximate surface area is 265 Å². The van der Waals surface area contributed by atoms with E-state index in [9.17, 15) is 10.5 Å². The average Bonchev–Trinajstić information content (AvgIpc) is 3.63. The minimum atomic E-state index is 0.483. The van der Waals surface area contributed by atoms with Crippen molar-refractivity contribution in [2.24, 2.45) is 0 Å². The van der Waals surface area contributed by atoms with E-state index in [4.69, 9.17) is 9.47 Å². The van der Waals surface area contributed by atoms with E-state index in [-0.39, 0.29) is 0 Å². The van der Waals surface area contributed by atoms with E-state index in [2.05, 4.69) is 57.7 Å². The molecule has 0 unspecified atom stereocenters. The van der Waals surface area contributed by atoms with Crippen LogP contribution in [-0.2, 0) is 0 Å². The van der Waals surface area contributed by atoms with E-state index in [1.165, 1.54) is 0 Å². The summed E-state index contributed by atoms with van der Waals surface area (Å²) in [5.74, 6) is 1.52. The first-order chi connectivity index (χ1) is 22.6. The van der Waals surface area contributed by atoms with Gasteiger partial charge in [0.15, 0.2) is 0 Å². The number of hydrogen-bond donors (Lipinski definition) is 0. The second-order valence-electron chi connectivity index (χ2n) is 11.2. The van der Waals surface area contributed by atoms with Crippen molar-refractivity contribution in [3.8, 4) is 46.1 Å². The first-order valence-electron chi connectivity index (χ1n) is 14.9. The van der Waals surface area contributed by atoms with Gasteiger partial charge in [-0.1, -0.05) is 48.5 Å². The van der Waals surface area contributed by atoms with Crippen LogP contribution in [0.15, 0.2) is 121 Å². The maximum atomic E-state index is 10.4. The summed E-state index contributed by atoms with van der Waals surface area (Å²) in [7, 11) is 3.32. The van der Waals surface area contributed by atoms with E-state index < -0.39 is 0 Å². The van der Waals surface area contributed by atoms with Crippen LogP contribution in [0.3, 0.4) is 0 Å². The molecule has 8 aromatic rings. The maximum absolute atomic E-state index is 10.4. The molecule has 6 aromatic carbocycles. The summed E-state index contributed by atoms with van der Waals surface area (Å²) in [5, 5.41) is 25.2. The summed E-state index contributed by atoms with van der Waals surface area (Å²) < 4.78 is 15.4. The fourth-order valence-electron chi connectivity index (χ4n) is 6.71. The van der Waals surface area contributed by atoms with Crippen molar-refractivity contribution in [3.63, 3.8) is 0 Å². The molecule has 2 aromatic heterocycles. The first-order valence-corrected chi connectivity index (χ1v) is 14.9. The number of aromatic nitrogens is 2. The Morgan fingerprint density at radius 3 is 1.28 bits per heavy atom. The molecule has 0 amide bonds. The zero-order valence-electron chi connectivity index (χ0n) is 25.2. The van der Waals surface area contributed by atoms with Gasteiger partial charge in [0, 0.05) is 56.2 Å². The quantitative estimate of drug-likeness (QED) is 0.199. The van der Waals surface area contributed by atoms with Crippen molar-refractivity contribution in [1.82, 2.24) is 9.13 Å². The number of methoxy groups -OCH3 is 2. The van der Waals surface area contributed by atoms with Crippen LogP contribution in [0.5, 0.6) is 11.5 Å². The molecule has 0 aliphatic rings.